The maximum atomic E-state index is 5.63. The highest BCUT2D eigenvalue weighted by atomic mass is 16.5. The van der Waals surface area contributed by atoms with Crippen LogP contribution in [0.3, 0.4) is 0 Å². The van der Waals surface area contributed by atoms with Crippen molar-refractivity contribution in [1.82, 2.24) is 0 Å². The van der Waals surface area contributed by atoms with Gasteiger partial charge in [0.05, 0.1) is 5.69 Å². The van der Waals surface area contributed by atoms with Crippen LogP contribution in [0, 0.1) is 12.3 Å². The zero-order valence-corrected chi connectivity index (χ0v) is 6.95. The molecule has 1 rings (SSSR count). The van der Waals surface area contributed by atoms with E-state index in [0.29, 0.717) is 11.4 Å². The summed E-state index contributed by atoms with van der Waals surface area (Å²) in [7, 11) is 0. The van der Waals surface area contributed by atoms with Gasteiger partial charge in [0.1, 0.15) is 5.75 Å². The molecule has 0 spiro atoms. The molecule has 1 atom stereocenters. The molecule has 2 heteroatoms. The lowest BCUT2D eigenvalue weighted by atomic mass is 10.3. The fraction of sp³-hybridized carbons (Fsp3) is 0.200. The molecule has 0 aliphatic heterocycles. The van der Waals surface area contributed by atoms with E-state index in [1.54, 1.807) is 19.1 Å². The molecule has 0 heterocycles. The van der Waals surface area contributed by atoms with Gasteiger partial charge >= 0.3 is 0 Å². The molecule has 2 N–H and O–H groups in total. The number of hydrogen-bond donors (Lipinski definition) is 1. The Bertz CT molecular complexity index is 301. The van der Waals surface area contributed by atoms with Gasteiger partial charge in [-0.05, 0) is 19.1 Å². The minimum Gasteiger partial charge on any atom is -0.476 e. The summed E-state index contributed by atoms with van der Waals surface area (Å²) >= 11 is 0. The van der Waals surface area contributed by atoms with E-state index >= 15 is 0 Å². The average Bonchev–Trinajstić information content (AvgIpc) is 2.09. The van der Waals surface area contributed by atoms with Crippen LogP contribution in [0.2, 0.25) is 0 Å². The molecule has 1 aromatic rings. The summed E-state index contributed by atoms with van der Waals surface area (Å²) in [6.45, 7) is 1.80. The molecule has 0 fully saturated rings. The Morgan fingerprint density at radius 1 is 1.50 bits per heavy atom. The minimum atomic E-state index is -0.241. The lowest BCUT2D eigenvalue weighted by molar-refractivity contribution is 0.280. The van der Waals surface area contributed by atoms with Gasteiger partial charge in [-0.15, -0.1) is 6.42 Å². The normalized spacial score (nSPS) is 11.7. The SMILES string of the molecule is C#CC(C)Oc1ccccc1N. The van der Waals surface area contributed by atoms with E-state index in [-0.39, 0.29) is 6.10 Å². The fourth-order valence-corrected chi connectivity index (χ4v) is 0.812. The summed E-state index contributed by atoms with van der Waals surface area (Å²) in [4.78, 5) is 0. The number of terminal acetylenes is 1. The summed E-state index contributed by atoms with van der Waals surface area (Å²) in [5.41, 5.74) is 6.24. The first-order valence-electron chi connectivity index (χ1n) is 3.71. The number of nitrogens with two attached hydrogens (primary N) is 1. The summed E-state index contributed by atoms with van der Waals surface area (Å²) in [5.74, 6) is 3.10. The van der Waals surface area contributed by atoms with Crippen LogP contribution in [0.25, 0.3) is 0 Å². The van der Waals surface area contributed by atoms with Crippen LogP contribution in [0.1, 0.15) is 6.92 Å². The standard InChI is InChI=1S/C10H11NO/c1-3-8(2)12-10-7-5-4-6-9(10)11/h1,4-8H,11H2,2H3. The molecular weight excluding hydrogens is 150 g/mol. The highest BCUT2D eigenvalue weighted by Crippen LogP contribution is 2.20. The second-order valence-corrected chi connectivity index (χ2v) is 2.46. The van der Waals surface area contributed by atoms with Crippen molar-refractivity contribution in [2.45, 2.75) is 13.0 Å². The van der Waals surface area contributed by atoms with Crippen LogP contribution in [0.4, 0.5) is 5.69 Å². The predicted octanol–water partition coefficient (Wildman–Crippen LogP) is 1.67. The Balaban J connectivity index is 2.77. The number of benzene rings is 1. The van der Waals surface area contributed by atoms with E-state index in [9.17, 15) is 0 Å². The molecule has 2 nitrogen and oxygen atoms in total. The van der Waals surface area contributed by atoms with Gasteiger partial charge in [0.2, 0.25) is 0 Å². The quantitative estimate of drug-likeness (QED) is 0.529. The molecule has 0 saturated carbocycles. The molecule has 0 amide bonds. The number of nitrogen functional groups attached to an aromatic ring is 1. The molecule has 12 heavy (non-hydrogen) atoms. The van der Waals surface area contributed by atoms with Gasteiger partial charge in [0.15, 0.2) is 6.10 Å². The zero-order chi connectivity index (χ0) is 8.97. The second-order valence-electron chi connectivity index (χ2n) is 2.46. The van der Waals surface area contributed by atoms with Crippen LogP contribution in [0.15, 0.2) is 24.3 Å². The van der Waals surface area contributed by atoms with E-state index in [0.717, 1.165) is 0 Å². The molecule has 0 aromatic heterocycles. The molecule has 0 saturated heterocycles. The van der Waals surface area contributed by atoms with E-state index in [2.05, 4.69) is 5.92 Å². The second kappa shape index (κ2) is 3.68. The van der Waals surface area contributed by atoms with Crippen molar-refractivity contribution < 1.29 is 4.74 Å². The Labute approximate surface area is 72.3 Å². The number of hydrogen-bond acceptors (Lipinski definition) is 2. The first kappa shape index (κ1) is 8.48. The molecule has 1 unspecified atom stereocenters. The van der Waals surface area contributed by atoms with E-state index in [4.69, 9.17) is 16.9 Å². The van der Waals surface area contributed by atoms with Crippen molar-refractivity contribution in [1.29, 1.82) is 0 Å². The first-order chi connectivity index (χ1) is 5.74. The Morgan fingerprint density at radius 3 is 2.75 bits per heavy atom. The average molecular weight is 161 g/mol. The third kappa shape index (κ3) is 1.93. The predicted molar refractivity (Wildman–Crippen MR) is 49.8 cm³/mol. The van der Waals surface area contributed by atoms with Gasteiger partial charge in [0.25, 0.3) is 0 Å². The lowest BCUT2D eigenvalue weighted by Gasteiger charge is -2.10. The monoisotopic (exact) mass is 161 g/mol. The number of para-hydroxylation sites is 2. The van der Waals surface area contributed by atoms with Crippen molar-refractivity contribution in [3.05, 3.63) is 24.3 Å². The molecule has 0 aliphatic carbocycles. The molecule has 0 bridgehead atoms. The number of rotatable bonds is 2. The summed E-state index contributed by atoms with van der Waals surface area (Å²) in [6.07, 6.45) is 4.91. The van der Waals surface area contributed by atoms with Crippen molar-refractivity contribution in [3.8, 4) is 18.1 Å². The highest BCUT2D eigenvalue weighted by molar-refractivity contribution is 5.52. The molecule has 0 radical (unpaired) electrons. The van der Waals surface area contributed by atoms with Gasteiger partial charge < -0.3 is 10.5 Å². The number of anilines is 1. The zero-order valence-electron chi connectivity index (χ0n) is 6.95. The van der Waals surface area contributed by atoms with Gasteiger partial charge in [-0.2, -0.15) is 0 Å². The van der Waals surface area contributed by atoms with Crippen molar-refractivity contribution >= 4 is 5.69 Å². The van der Waals surface area contributed by atoms with E-state index < -0.39 is 0 Å². The molecule has 0 aliphatic rings. The Hall–Kier alpha value is -1.62. The maximum Gasteiger partial charge on any atom is 0.156 e. The molecule has 62 valence electrons. The topological polar surface area (TPSA) is 35.2 Å². The van der Waals surface area contributed by atoms with Crippen molar-refractivity contribution in [2.24, 2.45) is 0 Å². The van der Waals surface area contributed by atoms with Crippen LogP contribution < -0.4 is 10.5 Å². The smallest absolute Gasteiger partial charge is 0.156 e. The fourth-order valence-electron chi connectivity index (χ4n) is 0.812. The third-order valence-electron chi connectivity index (χ3n) is 1.46. The first-order valence-corrected chi connectivity index (χ1v) is 3.71. The lowest BCUT2D eigenvalue weighted by Crippen LogP contribution is -2.09. The number of ether oxygens (including phenoxy) is 1. The van der Waals surface area contributed by atoms with Gasteiger partial charge in [-0.1, -0.05) is 18.1 Å². The van der Waals surface area contributed by atoms with Crippen molar-refractivity contribution in [3.63, 3.8) is 0 Å². The van der Waals surface area contributed by atoms with Gasteiger partial charge in [-0.25, -0.2) is 0 Å². The Morgan fingerprint density at radius 2 is 2.17 bits per heavy atom. The summed E-state index contributed by atoms with van der Waals surface area (Å²) < 4.78 is 5.33. The Kier molecular flexibility index (Phi) is 2.60. The largest absolute Gasteiger partial charge is 0.476 e. The molecular formula is C10H11NO. The van der Waals surface area contributed by atoms with Gasteiger partial charge in [-0.3, -0.25) is 0 Å². The van der Waals surface area contributed by atoms with E-state index in [1.807, 2.05) is 12.1 Å². The maximum absolute atomic E-state index is 5.63. The van der Waals surface area contributed by atoms with Crippen LogP contribution in [-0.4, -0.2) is 6.10 Å². The van der Waals surface area contributed by atoms with E-state index in [1.165, 1.54) is 0 Å². The van der Waals surface area contributed by atoms with Crippen LogP contribution in [0.5, 0.6) is 5.75 Å². The minimum absolute atomic E-state index is 0.241. The van der Waals surface area contributed by atoms with Gasteiger partial charge in [0, 0.05) is 0 Å². The summed E-state index contributed by atoms with van der Waals surface area (Å²) in [5, 5.41) is 0. The highest BCUT2D eigenvalue weighted by Gasteiger charge is 2.01. The van der Waals surface area contributed by atoms with Crippen LogP contribution in [-0.2, 0) is 0 Å². The molecule has 1 aromatic carbocycles. The third-order valence-corrected chi connectivity index (χ3v) is 1.46. The summed E-state index contributed by atoms with van der Waals surface area (Å²) in [6, 6.07) is 7.28. The van der Waals surface area contributed by atoms with Crippen molar-refractivity contribution in [2.75, 3.05) is 5.73 Å². The van der Waals surface area contributed by atoms with Crippen LogP contribution >= 0.6 is 0 Å².